The normalized spacial score (nSPS) is 17.7. The van der Waals surface area contributed by atoms with Crippen LogP contribution in [0.25, 0.3) is 0 Å². The minimum Gasteiger partial charge on any atom is -0.377 e. The Morgan fingerprint density at radius 3 is 2.04 bits per heavy atom. The Morgan fingerprint density at radius 2 is 1.48 bits per heavy atom. The van der Waals surface area contributed by atoms with Crippen molar-refractivity contribution in [1.82, 2.24) is 9.62 Å². The van der Waals surface area contributed by atoms with Crippen LogP contribution < -0.4 is 4.72 Å². The molecular weight excluding hydrogens is 372 g/mol. The van der Waals surface area contributed by atoms with Crippen molar-refractivity contribution in [3.63, 3.8) is 0 Å². The molecule has 0 bridgehead atoms. The Labute approximate surface area is 160 Å². The number of nitrogens with one attached hydrogen (secondary N) is 1. The summed E-state index contributed by atoms with van der Waals surface area (Å²) in [6, 6.07) is 6.57. The highest BCUT2D eigenvalue weighted by Gasteiger charge is 2.17. The highest BCUT2D eigenvalue weighted by molar-refractivity contribution is 7.89. The fourth-order valence-electron chi connectivity index (χ4n) is 2.50. The summed E-state index contributed by atoms with van der Waals surface area (Å²) in [4.78, 5) is 14.3. The van der Waals surface area contributed by atoms with Crippen molar-refractivity contribution < 1.29 is 27.4 Å². The molecular formula is C18H28N2O6S. The number of carbonyl (C=O) groups excluding carboxylic acids is 1. The van der Waals surface area contributed by atoms with Gasteiger partial charge in [0.1, 0.15) is 0 Å². The number of amides is 1. The van der Waals surface area contributed by atoms with E-state index >= 15 is 0 Å². The van der Waals surface area contributed by atoms with Gasteiger partial charge in [0, 0.05) is 26.1 Å². The van der Waals surface area contributed by atoms with Crippen LogP contribution in [0.2, 0.25) is 0 Å². The van der Waals surface area contributed by atoms with Gasteiger partial charge in [-0.3, -0.25) is 4.79 Å². The van der Waals surface area contributed by atoms with Crippen molar-refractivity contribution in [3.05, 3.63) is 29.8 Å². The Morgan fingerprint density at radius 1 is 0.963 bits per heavy atom. The second-order valence-corrected chi connectivity index (χ2v) is 7.95. The lowest BCUT2D eigenvalue weighted by atomic mass is 10.2. The van der Waals surface area contributed by atoms with Gasteiger partial charge in [-0.25, -0.2) is 13.1 Å². The quantitative estimate of drug-likeness (QED) is 0.776. The summed E-state index contributed by atoms with van der Waals surface area (Å²) in [5.74, 6) is -0.137. The van der Waals surface area contributed by atoms with E-state index in [9.17, 15) is 13.2 Å². The van der Waals surface area contributed by atoms with E-state index in [1.54, 1.807) is 29.2 Å². The largest absolute Gasteiger partial charge is 0.377 e. The van der Waals surface area contributed by atoms with Crippen molar-refractivity contribution in [3.8, 4) is 0 Å². The molecule has 1 heterocycles. The number of carbonyl (C=O) groups is 1. The maximum absolute atomic E-state index is 12.4. The fraction of sp³-hybridized carbons (Fsp3) is 0.611. The zero-order valence-corrected chi connectivity index (χ0v) is 16.5. The minimum absolute atomic E-state index is 0.0428. The molecule has 2 rings (SSSR count). The minimum atomic E-state index is -3.62. The first kappa shape index (κ1) is 21.8. The molecule has 1 aromatic carbocycles. The van der Waals surface area contributed by atoms with E-state index in [0.29, 0.717) is 52.7 Å². The van der Waals surface area contributed by atoms with Gasteiger partial charge in [0.05, 0.1) is 44.5 Å². The molecule has 0 atom stereocenters. The number of sulfonamides is 1. The lowest BCUT2D eigenvalue weighted by Crippen LogP contribution is -2.39. The average molecular weight is 400 g/mol. The summed E-state index contributed by atoms with van der Waals surface area (Å²) < 4.78 is 43.2. The van der Waals surface area contributed by atoms with Crippen molar-refractivity contribution in [2.75, 3.05) is 59.3 Å². The molecule has 9 heteroatoms. The van der Waals surface area contributed by atoms with E-state index < -0.39 is 10.0 Å². The summed E-state index contributed by atoms with van der Waals surface area (Å²) in [6.07, 6.45) is 0.0776. The van der Waals surface area contributed by atoms with Gasteiger partial charge in [-0.2, -0.15) is 0 Å². The smallest absolute Gasteiger partial charge is 0.240 e. The molecule has 1 saturated heterocycles. The Balaban J connectivity index is 1.81. The first-order valence-electron chi connectivity index (χ1n) is 9.06. The summed E-state index contributed by atoms with van der Waals surface area (Å²) >= 11 is 0. The molecule has 152 valence electrons. The van der Waals surface area contributed by atoms with Crippen molar-refractivity contribution >= 4 is 15.9 Å². The van der Waals surface area contributed by atoms with Crippen molar-refractivity contribution in [1.29, 1.82) is 0 Å². The molecule has 1 fully saturated rings. The van der Waals surface area contributed by atoms with Crippen LogP contribution in [0.4, 0.5) is 0 Å². The lowest BCUT2D eigenvalue weighted by Gasteiger charge is -2.23. The van der Waals surface area contributed by atoms with Gasteiger partial charge in [0.2, 0.25) is 15.9 Å². The lowest BCUT2D eigenvalue weighted by molar-refractivity contribution is -0.133. The van der Waals surface area contributed by atoms with E-state index in [1.807, 2.05) is 6.92 Å². The molecule has 0 saturated carbocycles. The molecule has 1 aliphatic rings. The van der Waals surface area contributed by atoms with Crippen LogP contribution in [0.5, 0.6) is 0 Å². The number of hydrogen-bond donors (Lipinski definition) is 1. The topological polar surface area (TPSA) is 94.2 Å². The monoisotopic (exact) mass is 400 g/mol. The Kier molecular flexibility index (Phi) is 9.16. The molecule has 1 aliphatic heterocycles. The number of benzene rings is 1. The van der Waals surface area contributed by atoms with E-state index in [0.717, 1.165) is 5.56 Å². The van der Waals surface area contributed by atoms with E-state index in [2.05, 4.69) is 4.72 Å². The standard InChI is InChI=1S/C18H28N2O6S/c1-16-2-4-17(5-3-16)27(22,23)19-7-6-18(21)20-8-10-24-12-14-26-15-13-25-11-9-20/h2-5,19H,6-15H2,1H3. The molecule has 27 heavy (non-hydrogen) atoms. The third-order valence-corrected chi connectivity index (χ3v) is 5.55. The number of hydrogen-bond acceptors (Lipinski definition) is 6. The van der Waals surface area contributed by atoms with Gasteiger partial charge in [0.15, 0.2) is 0 Å². The molecule has 0 unspecified atom stereocenters. The summed E-state index contributed by atoms with van der Waals surface area (Å²) in [7, 11) is -3.62. The highest BCUT2D eigenvalue weighted by atomic mass is 32.2. The van der Waals surface area contributed by atoms with Crippen LogP contribution in [0.3, 0.4) is 0 Å². The van der Waals surface area contributed by atoms with Crippen LogP contribution in [-0.4, -0.2) is 78.5 Å². The summed E-state index contributed by atoms with van der Waals surface area (Å²) in [6.45, 7) is 5.56. The van der Waals surface area contributed by atoms with Crippen LogP contribution in [0.15, 0.2) is 29.2 Å². The third kappa shape index (κ3) is 7.94. The third-order valence-electron chi connectivity index (χ3n) is 4.07. The summed E-state index contributed by atoms with van der Waals surface area (Å²) in [5, 5.41) is 0. The molecule has 0 aliphatic carbocycles. The zero-order chi connectivity index (χ0) is 19.5. The van der Waals surface area contributed by atoms with Crippen LogP contribution in [-0.2, 0) is 29.0 Å². The van der Waals surface area contributed by atoms with Gasteiger partial charge < -0.3 is 19.1 Å². The van der Waals surface area contributed by atoms with E-state index in [4.69, 9.17) is 14.2 Å². The molecule has 1 N–H and O–H groups in total. The molecule has 8 nitrogen and oxygen atoms in total. The van der Waals surface area contributed by atoms with Crippen LogP contribution >= 0.6 is 0 Å². The Hall–Kier alpha value is -1.52. The van der Waals surface area contributed by atoms with Gasteiger partial charge >= 0.3 is 0 Å². The number of aryl methyl sites for hydroxylation is 1. The van der Waals surface area contributed by atoms with Crippen LogP contribution in [0.1, 0.15) is 12.0 Å². The van der Waals surface area contributed by atoms with E-state index in [1.165, 1.54) is 0 Å². The maximum Gasteiger partial charge on any atom is 0.240 e. The van der Waals surface area contributed by atoms with Gasteiger partial charge in [-0.1, -0.05) is 17.7 Å². The van der Waals surface area contributed by atoms with E-state index in [-0.39, 0.29) is 23.8 Å². The van der Waals surface area contributed by atoms with Gasteiger partial charge in [-0.05, 0) is 19.1 Å². The summed E-state index contributed by atoms with van der Waals surface area (Å²) in [5.41, 5.74) is 0.982. The predicted octanol–water partition coefficient (Wildman–Crippen LogP) is 0.555. The first-order chi connectivity index (χ1) is 13.0. The van der Waals surface area contributed by atoms with Crippen molar-refractivity contribution in [2.45, 2.75) is 18.2 Å². The Bertz CT molecular complexity index is 666. The molecule has 0 radical (unpaired) electrons. The average Bonchev–Trinajstić information content (AvgIpc) is 2.62. The SMILES string of the molecule is Cc1ccc(S(=O)(=O)NCCC(=O)N2CCOCCOCCOCC2)cc1. The molecule has 0 spiro atoms. The second kappa shape index (κ2) is 11.4. The first-order valence-corrected chi connectivity index (χ1v) is 10.5. The highest BCUT2D eigenvalue weighted by Crippen LogP contribution is 2.09. The molecule has 1 aromatic rings. The number of rotatable bonds is 5. The van der Waals surface area contributed by atoms with Gasteiger partial charge in [-0.15, -0.1) is 0 Å². The fourth-order valence-corrected chi connectivity index (χ4v) is 3.54. The number of nitrogens with zero attached hydrogens (tertiary/aromatic N) is 1. The predicted molar refractivity (Wildman–Crippen MR) is 100 cm³/mol. The molecule has 0 aromatic heterocycles. The molecule has 1 amide bonds. The zero-order valence-electron chi connectivity index (χ0n) is 15.7. The number of ether oxygens (including phenoxy) is 3. The second-order valence-electron chi connectivity index (χ2n) is 6.18. The maximum atomic E-state index is 12.4. The van der Waals surface area contributed by atoms with Crippen LogP contribution in [0, 0.1) is 6.92 Å². The van der Waals surface area contributed by atoms with Crippen molar-refractivity contribution in [2.24, 2.45) is 0 Å². The van der Waals surface area contributed by atoms with Gasteiger partial charge in [0.25, 0.3) is 0 Å².